The summed E-state index contributed by atoms with van der Waals surface area (Å²) in [6.45, 7) is 0.391. The monoisotopic (exact) mass is 373 g/mol. The fourth-order valence-corrected chi connectivity index (χ4v) is 2.36. The minimum Gasteiger partial charge on any atom is -0.449 e. The zero-order valence-corrected chi connectivity index (χ0v) is 13.3. The molecule has 0 fully saturated rings. The number of rotatable bonds is 7. The molecule has 0 atom stereocenters. The van der Waals surface area contributed by atoms with Crippen molar-refractivity contribution in [1.82, 2.24) is 5.32 Å². The highest BCUT2D eigenvalue weighted by molar-refractivity contribution is 9.10. The number of carbonyl (C=O) groups excluding carboxylic acids is 1. The normalized spacial score (nSPS) is 9.62. The van der Waals surface area contributed by atoms with E-state index in [1.54, 1.807) is 18.2 Å². The lowest BCUT2D eigenvalue weighted by Crippen LogP contribution is -2.27. The van der Waals surface area contributed by atoms with Gasteiger partial charge < -0.3 is 15.5 Å². The molecule has 1 rings (SSSR count). The van der Waals surface area contributed by atoms with Crippen LogP contribution >= 0.6 is 27.5 Å². The summed E-state index contributed by atoms with van der Waals surface area (Å²) in [7, 11) is 0. The molecule has 21 heavy (non-hydrogen) atoms. The van der Waals surface area contributed by atoms with Gasteiger partial charge in [-0.25, -0.2) is 4.79 Å². The van der Waals surface area contributed by atoms with Gasteiger partial charge in [0.1, 0.15) is 0 Å². The molecule has 112 valence electrons. The molecule has 1 amide bonds. The number of benzene rings is 1. The highest BCUT2D eigenvalue weighted by Gasteiger charge is 2.08. The van der Waals surface area contributed by atoms with Gasteiger partial charge in [-0.15, -0.1) is 0 Å². The fraction of sp³-hybridized carbons (Fsp3) is 0.333. The fourth-order valence-electron chi connectivity index (χ4n) is 1.43. The molecule has 9 heteroatoms. The van der Waals surface area contributed by atoms with Crippen molar-refractivity contribution >= 4 is 39.3 Å². The second-order valence-corrected chi connectivity index (χ2v) is 5.16. The highest BCUT2D eigenvalue weighted by atomic mass is 79.9. The first kappa shape index (κ1) is 17.3. The van der Waals surface area contributed by atoms with Crippen molar-refractivity contribution in [1.29, 1.82) is 5.41 Å². The predicted molar refractivity (Wildman–Crippen MR) is 84.0 cm³/mol. The molecule has 2 N–H and O–H groups in total. The zero-order valence-electron chi connectivity index (χ0n) is 11.0. The summed E-state index contributed by atoms with van der Waals surface area (Å²) in [5.74, 6) is 0. The van der Waals surface area contributed by atoms with Gasteiger partial charge in [0, 0.05) is 38.6 Å². The lowest BCUT2D eigenvalue weighted by Gasteiger charge is -2.08. The molecule has 0 aliphatic rings. The van der Waals surface area contributed by atoms with Gasteiger partial charge in [0.15, 0.2) is 0 Å². The van der Waals surface area contributed by atoms with Crippen molar-refractivity contribution in [2.24, 2.45) is 5.11 Å². The Balaban J connectivity index is 2.33. The highest BCUT2D eigenvalue weighted by Crippen LogP contribution is 2.22. The van der Waals surface area contributed by atoms with Gasteiger partial charge in [0.25, 0.3) is 0 Å². The quantitative estimate of drug-likeness (QED) is 0.248. The summed E-state index contributed by atoms with van der Waals surface area (Å²) in [6.07, 6.45) is -0.253. The van der Waals surface area contributed by atoms with Gasteiger partial charge in [-0.2, -0.15) is 0 Å². The van der Waals surface area contributed by atoms with Crippen molar-refractivity contribution < 1.29 is 9.53 Å². The largest absolute Gasteiger partial charge is 0.449 e. The first-order valence-electron chi connectivity index (χ1n) is 5.99. The van der Waals surface area contributed by atoms with Crippen LogP contribution in [0.5, 0.6) is 0 Å². The Labute approximate surface area is 134 Å². The van der Waals surface area contributed by atoms with E-state index in [4.69, 9.17) is 27.3 Å². The van der Waals surface area contributed by atoms with Crippen LogP contribution < -0.4 is 5.32 Å². The Hall–Kier alpha value is -1.76. The maximum Gasteiger partial charge on any atom is 0.407 e. The van der Waals surface area contributed by atoms with E-state index in [0.717, 1.165) is 10.0 Å². The Kier molecular flexibility index (Phi) is 7.60. The van der Waals surface area contributed by atoms with Crippen LogP contribution in [-0.4, -0.2) is 31.5 Å². The number of ether oxygens (including phenoxy) is 1. The minimum atomic E-state index is -0.605. The Morgan fingerprint density at radius 3 is 3.00 bits per heavy atom. The van der Waals surface area contributed by atoms with Crippen LogP contribution in [0.2, 0.25) is 5.02 Å². The summed E-state index contributed by atoms with van der Waals surface area (Å²) in [5.41, 5.74) is 9.14. The molecule has 0 bridgehead atoms. The van der Waals surface area contributed by atoms with E-state index in [0.29, 0.717) is 17.2 Å². The van der Waals surface area contributed by atoms with Gasteiger partial charge in [-0.05, 0) is 17.7 Å². The molecule has 0 spiro atoms. The van der Waals surface area contributed by atoms with Gasteiger partial charge in [-0.1, -0.05) is 38.7 Å². The van der Waals surface area contributed by atoms with E-state index in [9.17, 15) is 4.79 Å². The molecular weight excluding hydrogens is 362 g/mol. The van der Waals surface area contributed by atoms with Crippen LogP contribution in [0.4, 0.5) is 4.79 Å². The molecule has 0 aliphatic carbocycles. The van der Waals surface area contributed by atoms with E-state index in [2.05, 4.69) is 31.3 Å². The number of carbonyl (C=O) groups is 1. The minimum absolute atomic E-state index is 0.0239. The third-order valence-corrected chi connectivity index (χ3v) is 3.28. The van der Waals surface area contributed by atoms with E-state index >= 15 is 0 Å². The molecule has 0 aliphatic heterocycles. The first-order chi connectivity index (χ1) is 10.0. The predicted octanol–water partition coefficient (Wildman–Crippen LogP) is 3.90. The number of nitrogens with zero attached hydrogens (tertiary/aromatic N) is 3. The van der Waals surface area contributed by atoms with Crippen molar-refractivity contribution in [3.8, 4) is 0 Å². The Bertz CT molecular complexity index is 575. The number of halogens is 2. The van der Waals surface area contributed by atoms with Crippen LogP contribution in [-0.2, 0) is 4.74 Å². The number of alkyl carbamates (subject to hydrolysis) is 1. The second kappa shape index (κ2) is 9.23. The standard InChI is InChI=1S/C12H13BrClN5O2/c13-10-7-8(14)1-2-9(10)11(15)3-4-17-12(20)21-6-5-18-19-16/h1-2,7,15H,3-6H2,(H,17,20). The van der Waals surface area contributed by atoms with Crippen LogP contribution in [0, 0.1) is 5.41 Å². The first-order valence-corrected chi connectivity index (χ1v) is 7.16. The number of azide groups is 1. The Morgan fingerprint density at radius 1 is 1.57 bits per heavy atom. The molecule has 0 unspecified atom stereocenters. The summed E-state index contributed by atoms with van der Waals surface area (Å²) in [4.78, 5) is 13.8. The number of amides is 1. The van der Waals surface area contributed by atoms with Crippen molar-refractivity contribution in [2.75, 3.05) is 19.7 Å². The molecule has 0 heterocycles. The van der Waals surface area contributed by atoms with E-state index in [1.165, 1.54) is 0 Å². The van der Waals surface area contributed by atoms with Gasteiger partial charge in [0.05, 0.1) is 13.2 Å². The lowest BCUT2D eigenvalue weighted by molar-refractivity contribution is 0.150. The molecule has 1 aromatic carbocycles. The smallest absolute Gasteiger partial charge is 0.407 e. The Morgan fingerprint density at radius 2 is 2.33 bits per heavy atom. The molecule has 1 aromatic rings. The third-order valence-electron chi connectivity index (χ3n) is 2.39. The molecule has 0 saturated heterocycles. The van der Waals surface area contributed by atoms with Crippen LogP contribution in [0.3, 0.4) is 0 Å². The maximum absolute atomic E-state index is 11.3. The summed E-state index contributed by atoms with van der Waals surface area (Å²) in [5, 5.41) is 14.3. The molecule has 7 nitrogen and oxygen atoms in total. The zero-order chi connectivity index (χ0) is 15.7. The molecule has 0 saturated carbocycles. The average molecular weight is 375 g/mol. The lowest BCUT2D eigenvalue weighted by atomic mass is 10.1. The van der Waals surface area contributed by atoms with E-state index < -0.39 is 6.09 Å². The molecule has 0 aromatic heterocycles. The average Bonchev–Trinajstić information content (AvgIpc) is 2.43. The molecule has 0 radical (unpaired) electrons. The summed E-state index contributed by atoms with van der Waals surface area (Å²) >= 11 is 9.17. The van der Waals surface area contributed by atoms with Crippen molar-refractivity contribution in [3.63, 3.8) is 0 Å². The van der Waals surface area contributed by atoms with Gasteiger partial charge in [0.2, 0.25) is 0 Å². The SMILES string of the molecule is [N-]=[N+]=NCCOC(=O)NCCC(=N)c1ccc(Cl)cc1Br. The van der Waals surface area contributed by atoms with E-state index in [1.807, 2.05) is 0 Å². The van der Waals surface area contributed by atoms with Gasteiger partial charge >= 0.3 is 6.09 Å². The van der Waals surface area contributed by atoms with Gasteiger partial charge in [-0.3, -0.25) is 0 Å². The topological polar surface area (TPSA) is 111 Å². The number of hydrogen-bond acceptors (Lipinski definition) is 4. The van der Waals surface area contributed by atoms with Crippen molar-refractivity contribution in [2.45, 2.75) is 6.42 Å². The van der Waals surface area contributed by atoms with Crippen LogP contribution in [0.25, 0.3) is 10.4 Å². The summed E-state index contributed by atoms with van der Waals surface area (Å²) in [6, 6.07) is 5.16. The number of hydrogen-bond donors (Lipinski definition) is 2. The number of nitrogens with one attached hydrogen (secondary N) is 2. The summed E-state index contributed by atoms with van der Waals surface area (Å²) < 4.78 is 5.49. The van der Waals surface area contributed by atoms with Crippen molar-refractivity contribution in [3.05, 3.63) is 43.7 Å². The maximum atomic E-state index is 11.3. The van der Waals surface area contributed by atoms with Crippen LogP contribution in [0.15, 0.2) is 27.8 Å². The third kappa shape index (κ3) is 6.48. The van der Waals surface area contributed by atoms with Crippen LogP contribution in [0.1, 0.15) is 12.0 Å². The molecular formula is C12H13BrClN5O2. The van der Waals surface area contributed by atoms with E-state index in [-0.39, 0.29) is 19.7 Å². The second-order valence-electron chi connectivity index (χ2n) is 3.87.